The Balaban J connectivity index is 1.95. The van der Waals surface area contributed by atoms with Crippen molar-refractivity contribution in [2.24, 2.45) is 0 Å². The molecule has 2 N–H and O–H groups in total. The van der Waals surface area contributed by atoms with E-state index >= 15 is 0 Å². The van der Waals surface area contributed by atoms with E-state index in [0.717, 1.165) is 18.9 Å². The van der Waals surface area contributed by atoms with Gasteiger partial charge in [-0.05, 0) is 44.8 Å². The summed E-state index contributed by atoms with van der Waals surface area (Å²) in [5.74, 6) is 0.761. The zero-order valence-electron chi connectivity index (χ0n) is 9.55. The third kappa shape index (κ3) is 2.59. The van der Waals surface area contributed by atoms with Crippen molar-refractivity contribution in [3.8, 4) is 0 Å². The first-order valence-corrected chi connectivity index (χ1v) is 6.08. The van der Waals surface area contributed by atoms with Gasteiger partial charge in [-0.2, -0.15) is 5.10 Å². The molecule has 1 saturated carbocycles. The average molecular weight is 207 g/mol. The number of rotatable bonds is 5. The summed E-state index contributed by atoms with van der Waals surface area (Å²) in [5.41, 5.74) is 2.86. The number of hydrogen-bond donors (Lipinski definition) is 2. The van der Waals surface area contributed by atoms with Crippen LogP contribution in [0.25, 0.3) is 0 Å². The fourth-order valence-corrected chi connectivity index (χ4v) is 2.54. The van der Waals surface area contributed by atoms with Crippen LogP contribution in [0.15, 0.2) is 6.20 Å². The van der Waals surface area contributed by atoms with Gasteiger partial charge in [0.2, 0.25) is 0 Å². The lowest BCUT2D eigenvalue weighted by Crippen LogP contribution is -2.09. The van der Waals surface area contributed by atoms with Crippen LogP contribution in [0.5, 0.6) is 0 Å². The SMILES string of the molecule is CNCCCc1cn[nH]c1C1CCCC1. The minimum Gasteiger partial charge on any atom is -0.320 e. The van der Waals surface area contributed by atoms with E-state index in [9.17, 15) is 0 Å². The molecule has 0 aromatic carbocycles. The summed E-state index contributed by atoms with van der Waals surface area (Å²) in [6.45, 7) is 1.09. The molecule has 15 heavy (non-hydrogen) atoms. The lowest BCUT2D eigenvalue weighted by Gasteiger charge is -2.09. The van der Waals surface area contributed by atoms with Crippen molar-refractivity contribution in [1.29, 1.82) is 0 Å². The molecule has 0 aliphatic heterocycles. The second-order valence-electron chi connectivity index (χ2n) is 4.50. The molecule has 3 heteroatoms. The molecular formula is C12H21N3. The van der Waals surface area contributed by atoms with Crippen LogP contribution >= 0.6 is 0 Å². The maximum atomic E-state index is 4.20. The molecule has 0 spiro atoms. The van der Waals surface area contributed by atoms with Crippen LogP contribution in [0.4, 0.5) is 0 Å². The zero-order chi connectivity index (χ0) is 10.5. The summed E-state index contributed by atoms with van der Waals surface area (Å²) in [6.07, 6.45) is 9.85. The van der Waals surface area contributed by atoms with E-state index in [2.05, 4.69) is 15.5 Å². The van der Waals surface area contributed by atoms with E-state index in [1.807, 2.05) is 13.2 Å². The number of H-pyrrole nitrogens is 1. The van der Waals surface area contributed by atoms with E-state index in [0.29, 0.717) is 0 Å². The van der Waals surface area contributed by atoms with E-state index in [-0.39, 0.29) is 0 Å². The largest absolute Gasteiger partial charge is 0.320 e. The maximum Gasteiger partial charge on any atom is 0.0522 e. The van der Waals surface area contributed by atoms with Gasteiger partial charge < -0.3 is 5.32 Å². The van der Waals surface area contributed by atoms with Gasteiger partial charge in [0, 0.05) is 11.6 Å². The van der Waals surface area contributed by atoms with Gasteiger partial charge in [-0.15, -0.1) is 0 Å². The van der Waals surface area contributed by atoms with Crippen LogP contribution in [0, 0.1) is 0 Å². The predicted molar refractivity (Wildman–Crippen MR) is 62.0 cm³/mol. The Morgan fingerprint density at radius 1 is 1.47 bits per heavy atom. The highest BCUT2D eigenvalue weighted by molar-refractivity contribution is 5.21. The van der Waals surface area contributed by atoms with Gasteiger partial charge in [0.1, 0.15) is 0 Å². The van der Waals surface area contributed by atoms with Gasteiger partial charge in [0.25, 0.3) is 0 Å². The molecule has 84 valence electrons. The van der Waals surface area contributed by atoms with Crippen molar-refractivity contribution in [2.45, 2.75) is 44.4 Å². The fraction of sp³-hybridized carbons (Fsp3) is 0.750. The first-order valence-electron chi connectivity index (χ1n) is 6.08. The van der Waals surface area contributed by atoms with Crippen molar-refractivity contribution in [1.82, 2.24) is 15.5 Å². The minimum absolute atomic E-state index is 0.761. The second kappa shape index (κ2) is 5.31. The lowest BCUT2D eigenvalue weighted by molar-refractivity contribution is 0.670. The summed E-state index contributed by atoms with van der Waals surface area (Å²) >= 11 is 0. The highest BCUT2D eigenvalue weighted by atomic mass is 15.1. The van der Waals surface area contributed by atoms with Gasteiger partial charge in [-0.3, -0.25) is 5.10 Å². The third-order valence-corrected chi connectivity index (χ3v) is 3.39. The molecule has 0 bridgehead atoms. The zero-order valence-corrected chi connectivity index (χ0v) is 9.55. The smallest absolute Gasteiger partial charge is 0.0522 e. The molecule has 1 heterocycles. The number of nitrogens with one attached hydrogen (secondary N) is 2. The van der Waals surface area contributed by atoms with Crippen LogP contribution in [-0.2, 0) is 6.42 Å². The number of nitrogens with zero attached hydrogens (tertiary/aromatic N) is 1. The average Bonchev–Trinajstić information content (AvgIpc) is 2.87. The number of aromatic amines is 1. The molecule has 2 rings (SSSR count). The van der Waals surface area contributed by atoms with E-state index in [1.54, 1.807) is 0 Å². The summed E-state index contributed by atoms with van der Waals surface area (Å²) in [6, 6.07) is 0. The molecule has 1 aliphatic carbocycles. The summed E-state index contributed by atoms with van der Waals surface area (Å²) in [5, 5.41) is 10.6. The Labute approximate surface area is 91.7 Å². The van der Waals surface area contributed by atoms with Gasteiger partial charge in [0.15, 0.2) is 0 Å². The molecule has 1 fully saturated rings. The molecule has 1 aliphatic rings. The van der Waals surface area contributed by atoms with Gasteiger partial charge in [-0.25, -0.2) is 0 Å². The fourth-order valence-electron chi connectivity index (χ4n) is 2.54. The Kier molecular flexibility index (Phi) is 3.78. The first kappa shape index (κ1) is 10.7. The van der Waals surface area contributed by atoms with Crippen molar-refractivity contribution in [3.05, 3.63) is 17.5 Å². The molecule has 0 unspecified atom stereocenters. The predicted octanol–water partition coefficient (Wildman–Crippen LogP) is 2.22. The standard InChI is InChI=1S/C12H21N3/c1-13-8-4-7-11-9-14-15-12(11)10-5-2-3-6-10/h9-10,13H,2-8H2,1H3,(H,14,15). The van der Waals surface area contributed by atoms with Crippen LogP contribution in [-0.4, -0.2) is 23.8 Å². The number of aromatic nitrogens is 2. The Hall–Kier alpha value is -0.830. The molecule has 0 amide bonds. The summed E-state index contributed by atoms with van der Waals surface area (Å²) in [7, 11) is 2.01. The molecular weight excluding hydrogens is 186 g/mol. The second-order valence-corrected chi connectivity index (χ2v) is 4.50. The highest BCUT2D eigenvalue weighted by Crippen LogP contribution is 2.34. The molecule has 0 radical (unpaired) electrons. The maximum absolute atomic E-state index is 4.20. The van der Waals surface area contributed by atoms with Crippen molar-refractivity contribution in [2.75, 3.05) is 13.6 Å². The minimum atomic E-state index is 0.761. The molecule has 0 atom stereocenters. The summed E-state index contributed by atoms with van der Waals surface area (Å²) < 4.78 is 0. The molecule has 1 aromatic rings. The van der Waals surface area contributed by atoms with Crippen LogP contribution in [0.2, 0.25) is 0 Å². The van der Waals surface area contributed by atoms with Crippen molar-refractivity contribution < 1.29 is 0 Å². The summed E-state index contributed by atoms with van der Waals surface area (Å²) in [4.78, 5) is 0. The highest BCUT2D eigenvalue weighted by Gasteiger charge is 2.20. The van der Waals surface area contributed by atoms with Gasteiger partial charge >= 0.3 is 0 Å². The topological polar surface area (TPSA) is 40.7 Å². The number of aryl methyl sites for hydroxylation is 1. The van der Waals surface area contributed by atoms with Crippen LogP contribution < -0.4 is 5.32 Å². The van der Waals surface area contributed by atoms with E-state index < -0.39 is 0 Å². The Bertz CT molecular complexity index is 287. The Morgan fingerprint density at radius 3 is 3.00 bits per heavy atom. The van der Waals surface area contributed by atoms with Crippen LogP contribution in [0.1, 0.15) is 49.3 Å². The third-order valence-electron chi connectivity index (χ3n) is 3.39. The normalized spacial score (nSPS) is 17.4. The van der Waals surface area contributed by atoms with Crippen molar-refractivity contribution in [3.63, 3.8) is 0 Å². The monoisotopic (exact) mass is 207 g/mol. The quantitative estimate of drug-likeness (QED) is 0.727. The lowest BCUT2D eigenvalue weighted by atomic mass is 9.98. The molecule has 3 nitrogen and oxygen atoms in total. The van der Waals surface area contributed by atoms with Crippen LogP contribution in [0.3, 0.4) is 0 Å². The van der Waals surface area contributed by atoms with E-state index in [4.69, 9.17) is 0 Å². The molecule has 0 saturated heterocycles. The van der Waals surface area contributed by atoms with Gasteiger partial charge in [0.05, 0.1) is 6.20 Å². The van der Waals surface area contributed by atoms with Gasteiger partial charge in [-0.1, -0.05) is 12.8 Å². The van der Waals surface area contributed by atoms with Crippen molar-refractivity contribution >= 4 is 0 Å². The van der Waals surface area contributed by atoms with E-state index in [1.165, 1.54) is 43.4 Å². The Morgan fingerprint density at radius 2 is 2.27 bits per heavy atom. The number of hydrogen-bond acceptors (Lipinski definition) is 2. The first-order chi connectivity index (χ1) is 7.42. The molecule has 1 aromatic heterocycles.